The predicted octanol–water partition coefficient (Wildman–Crippen LogP) is 2.47. The highest BCUT2D eigenvalue weighted by molar-refractivity contribution is 6.08. The highest BCUT2D eigenvalue weighted by Crippen LogP contribution is 2.36. The maximum Gasteiger partial charge on any atom is 0.248 e. The predicted molar refractivity (Wildman–Crippen MR) is 106 cm³/mol. The third kappa shape index (κ3) is 4.13. The minimum absolute atomic E-state index is 0.0400. The zero-order valence-electron chi connectivity index (χ0n) is 17.0. The van der Waals surface area contributed by atoms with E-state index in [1.807, 2.05) is 6.92 Å². The number of amides is 1. The first-order valence-electron chi connectivity index (χ1n) is 9.74. The van der Waals surface area contributed by atoms with Crippen molar-refractivity contribution in [3.63, 3.8) is 0 Å². The van der Waals surface area contributed by atoms with Gasteiger partial charge in [-0.15, -0.1) is 0 Å². The number of benzene rings is 1. The van der Waals surface area contributed by atoms with Gasteiger partial charge < -0.3 is 24.0 Å². The van der Waals surface area contributed by atoms with Crippen LogP contribution in [-0.4, -0.2) is 66.3 Å². The number of nitrogens with zero attached hydrogens (tertiary/aromatic N) is 2. The van der Waals surface area contributed by atoms with Crippen LogP contribution in [0.25, 0.3) is 10.9 Å². The fraction of sp³-hybridized carbons (Fsp3) is 0.524. The molecule has 0 bridgehead atoms. The van der Waals surface area contributed by atoms with E-state index in [9.17, 15) is 14.0 Å². The number of likely N-dealkylation sites (tertiary alicyclic amines) is 1. The average molecular weight is 406 g/mol. The van der Waals surface area contributed by atoms with Crippen molar-refractivity contribution in [1.82, 2.24) is 9.47 Å². The number of aliphatic hydroxyl groups is 1. The first kappa shape index (κ1) is 21.3. The van der Waals surface area contributed by atoms with Gasteiger partial charge in [-0.25, -0.2) is 4.39 Å². The van der Waals surface area contributed by atoms with Crippen LogP contribution in [0, 0.1) is 12.7 Å². The molecule has 1 fully saturated rings. The number of ether oxygens (including phenoxy) is 2. The van der Waals surface area contributed by atoms with Crippen molar-refractivity contribution in [3.8, 4) is 5.75 Å². The lowest BCUT2D eigenvalue weighted by Gasteiger charge is -2.34. The van der Waals surface area contributed by atoms with Crippen LogP contribution < -0.4 is 4.74 Å². The highest BCUT2D eigenvalue weighted by atomic mass is 19.1. The first-order valence-corrected chi connectivity index (χ1v) is 9.74. The molecule has 0 saturated carbocycles. The molecule has 0 unspecified atom stereocenters. The molecule has 1 aromatic carbocycles. The van der Waals surface area contributed by atoms with E-state index in [2.05, 4.69) is 4.57 Å². The van der Waals surface area contributed by atoms with Crippen LogP contribution in [0.15, 0.2) is 12.1 Å². The highest BCUT2D eigenvalue weighted by Gasteiger charge is 2.28. The number of aromatic nitrogens is 1. The lowest BCUT2D eigenvalue weighted by atomic mass is 10.0. The zero-order valence-corrected chi connectivity index (χ0v) is 17.0. The second kappa shape index (κ2) is 8.92. The Bertz CT molecular complexity index is 916. The SMILES string of the molecule is COc1cc2c(cc1F)c(C(C)=O)c(C)n2C1CCN(C(=O)COCCO)CC1. The lowest BCUT2D eigenvalue weighted by molar-refractivity contribution is -0.137. The molecule has 8 heteroatoms. The molecule has 1 N–H and O–H groups in total. The molecule has 0 radical (unpaired) electrons. The van der Waals surface area contributed by atoms with Crippen LogP contribution >= 0.6 is 0 Å². The largest absolute Gasteiger partial charge is 0.494 e. The average Bonchev–Trinajstić information content (AvgIpc) is 2.98. The Hall–Kier alpha value is -2.45. The van der Waals surface area contributed by atoms with Crippen molar-refractivity contribution in [2.45, 2.75) is 32.7 Å². The van der Waals surface area contributed by atoms with Crippen molar-refractivity contribution in [2.75, 3.05) is 40.0 Å². The lowest BCUT2D eigenvalue weighted by Crippen LogP contribution is -2.41. The van der Waals surface area contributed by atoms with Crippen LogP contribution in [0.5, 0.6) is 5.75 Å². The van der Waals surface area contributed by atoms with Crippen molar-refractivity contribution in [3.05, 3.63) is 29.2 Å². The van der Waals surface area contributed by atoms with E-state index < -0.39 is 5.82 Å². The van der Waals surface area contributed by atoms with Crippen LogP contribution in [-0.2, 0) is 9.53 Å². The smallest absolute Gasteiger partial charge is 0.248 e. The molecule has 7 nitrogen and oxygen atoms in total. The fourth-order valence-electron chi connectivity index (χ4n) is 4.20. The number of ketones is 1. The third-order valence-corrected chi connectivity index (χ3v) is 5.52. The number of rotatable bonds is 7. The van der Waals surface area contributed by atoms with Crippen molar-refractivity contribution in [2.24, 2.45) is 0 Å². The number of carbonyl (C=O) groups is 2. The molecule has 3 rings (SSSR count). The van der Waals surface area contributed by atoms with Crippen LogP contribution in [0.4, 0.5) is 4.39 Å². The van der Waals surface area contributed by atoms with E-state index in [-0.39, 0.29) is 43.3 Å². The van der Waals surface area contributed by atoms with Gasteiger partial charge in [0.05, 0.1) is 25.8 Å². The van der Waals surface area contributed by atoms with Gasteiger partial charge in [0.1, 0.15) is 6.61 Å². The summed E-state index contributed by atoms with van der Waals surface area (Å²) in [7, 11) is 1.42. The van der Waals surface area contributed by atoms with Crippen molar-refractivity contribution in [1.29, 1.82) is 0 Å². The summed E-state index contributed by atoms with van der Waals surface area (Å²) < 4.78 is 26.6. The number of aliphatic hydroxyl groups excluding tert-OH is 1. The standard InChI is InChI=1S/C21H27FN2O5/c1-13-21(14(2)26)16-10-17(22)19(28-3)11-18(16)24(13)15-4-6-23(7-5-15)20(27)12-29-9-8-25/h10-11,15,25H,4-9,12H2,1-3H3. The van der Waals surface area contributed by atoms with E-state index in [4.69, 9.17) is 14.6 Å². The Balaban J connectivity index is 1.88. The zero-order chi connectivity index (χ0) is 21.1. The van der Waals surface area contributed by atoms with Gasteiger partial charge in [0.2, 0.25) is 5.91 Å². The fourth-order valence-corrected chi connectivity index (χ4v) is 4.20. The second-order valence-electron chi connectivity index (χ2n) is 7.28. The molecule has 1 aliphatic heterocycles. The molecule has 0 spiro atoms. The molecule has 0 aliphatic carbocycles. The Morgan fingerprint density at radius 1 is 1.28 bits per heavy atom. The molecular formula is C21H27FN2O5. The van der Waals surface area contributed by atoms with Gasteiger partial charge in [0.25, 0.3) is 0 Å². The van der Waals surface area contributed by atoms with Crippen molar-refractivity contribution >= 4 is 22.6 Å². The monoisotopic (exact) mass is 406 g/mol. The number of methoxy groups -OCH3 is 1. The van der Waals surface area contributed by atoms with Gasteiger partial charge in [-0.1, -0.05) is 0 Å². The molecule has 2 aromatic rings. The van der Waals surface area contributed by atoms with E-state index in [1.54, 1.807) is 11.0 Å². The summed E-state index contributed by atoms with van der Waals surface area (Å²) >= 11 is 0. The summed E-state index contributed by atoms with van der Waals surface area (Å²) in [6.07, 6.45) is 1.43. The summed E-state index contributed by atoms with van der Waals surface area (Å²) in [5, 5.41) is 9.34. The number of carbonyl (C=O) groups excluding carboxylic acids is 2. The van der Waals surface area contributed by atoms with Crippen LogP contribution in [0.2, 0.25) is 0 Å². The second-order valence-corrected chi connectivity index (χ2v) is 7.28. The third-order valence-electron chi connectivity index (χ3n) is 5.52. The summed E-state index contributed by atoms with van der Waals surface area (Å²) in [4.78, 5) is 26.2. The van der Waals surface area contributed by atoms with Crippen LogP contribution in [0.1, 0.15) is 41.9 Å². The summed E-state index contributed by atoms with van der Waals surface area (Å²) in [5.41, 5.74) is 2.09. The molecule has 2 heterocycles. The van der Waals surface area contributed by atoms with Crippen molar-refractivity contribution < 1.29 is 28.6 Å². The molecule has 1 amide bonds. The van der Waals surface area contributed by atoms with E-state index in [1.165, 1.54) is 20.1 Å². The normalized spacial score (nSPS) is 15.1. The molecule has 1 aliphatic rings. The number of halogens is 1. The number of hydrogen-bond acceptors (Lipinski definition) is 5. The number of fused-ring (bicyclic) bond motifs is 1. The van der Waals surface area contributed by atoms with E-state index >= 15 is 0 Å². The van der Waals surface area contributed by atoms with Gasteiger partial charge in [-0.2, -0.15) is 0 Å². The molecule has 158 valence electrons. The van der Waals surface area contributed by atoms with Gasteiger partial charge in [0.15, 0.2) is 17.3 Å². The summed E-state index contributed by atoms with van der Waals surface area (Å²) in [5.74, 6) is -0.563. The van der Waals surface area contributed by atoms with Gasteiger partial charge in [0, 0.05) is 41.8 Å². The number of Topliss-reactive ketones (excluding diaryl/α,β-unsaturated/α-hetero) is 1. The van der Waals surface area contributed by atoms with Crippen LogP contribution in [0.3, 0.4) is 0 Å². The first-order chi connectivity index (χ1) is 13.9. The molecule has 1 saturated heterocycles. The molecular weight excluding hydrogens is 379 g/mol. The van der Waals surface area contributed by atoms with E-state index in [0.717, 1.165) is 11.2 Å². The molecule has 0 atom stereocenters. The number of hydrogen-bond donors (Lipinski definition) is 1. The van der Waals surface area contributed by atoms with Gasteiger partial charge >= 0.3 is 0 Å². The van der Waals surface area contributed by atoms with E-state index in [0.29, 0.717) is 36.9 Å². The maximum atomic E-state index is 14.3. The Kier molecular flexibility index (Phi) is 6.54. The maximum absolute atomic E-state index is 14.3. The Labute approximate surface area is 169 Å². The molecule has 1 aromatic heterocycles. The minimum atomic E-state index is -0.497. The number of piperidine rings is 1. The Morgan fingerprint density at radius 2 is 1.97 bits per heavy atom. The quantitative estimate of drug-likeness (QED) is 0.564. The molecule has 29 heavy (non-hydrogen) atoms. The summed E-state index contributed by atoms with van der Waals surface area (Å²) in [6.45, 7) is 4.49. The van der Waals surface area contributed by atoms with Gasteiger partial charge in [-0.3, -0.25) is 9.59 Å². The Morgan fingerprint density at radius 3 is 2.55 bits per heavy atom. The summed E-state index contributed by atoms with van der Waals surface area (Å²) in [6, 6.07) is 3.10. The van der Waals surface area contributed by atoms with Gasteiger partial charge in [-0.05, 0) is 32.8 Å². The topological polar surface area (TPSA) is 81.0 Å². The minimum Gasteiger partial charge on any atom is -0.494 e.